The highest BCUT2D eigenvalue weighted by Crippen LogP contribution is 2.45. The molecule has 4 aromatic rings. The van der Waals surface area contributed by atoms with Crippen LogP contribution >= 0.6 is 23.5 Å². The fourth-order valence-corrected chi connectivity index (χ4v) is 9.02. The van der Waals surface area contributed by atoms with Crippen molar-refractivity contribution < 1.29 is 13.6 Å². The van der Waals surface area contributed by atoms with E-state index in [0.29, 0.717) is 0 Å². The van der Waals surface area contributed by atoms with Gasteiger partial charge in [-0.2, -0.15) is 0 Å². The Morgan fingerprint density at radius 1 is 0.623 bits per heavy atom. The van der Waals surface area contributed by atoms with Crippen molar-refractivity contribution in [2.24, 2.45) is 0 Å². The molecule has 0 spiro atoms. The molecule has 4 heterocycles. The first-order valence-corrected chi connectivity index (χ1v) is 20.7. The topological polar surface area (TPSA) is 17.5 Å². The van der Waals surface area contributed by atoms with E-state index < -0.39 is 0 Å². The highest BCUT2D eigenvalue weighted by Gasteiger charge is 2.21. The summed E-state index contributed by atoms with van der Waals surface area (Å²) in [7, 11) is 9.05. The number of hydrogen-bond donors (Lipinski definition) is 0. The zero-order valence-electron chi connectivity index (χ0n) is 32.3. The minimum Gasteiger partial charge on any atom is -0.338 e. The average molecular weight is 746 g/mol. The molecule has 0 radical (unpaired) electrons. The van der Waals surface area contributed by atoms with Gasteiger partial charge in [0.05, 0.1) is 55.0 Å². The van der Waals surface area contributed by atoms with Gasteiger partial charge >= 0.3 is 0 Å². The maximum absolute atomic E-state index is 2.62. The zero-order chi connectivity index (χ0) is 37.0. The van der Waals surface area contributed by atoms with Crippen molar-refractivity contribution in [1.82, 2.24) is 4.90 Å². The number of pyridine rings is 2. The molecule has 6 nitrogen and oxygen atoms in total. The summed E-state index contributed by atoms with van der Waals surface area (Å²) < 4.78 is 5.71. The van der Waals surface area contributed by atoms with Gasteiger partial charge in [0.1, 0.15) is 6.54 Å². The van der Waals surface area contributed by atoms with Gasteiger partial charge in [-0.05, 0) is 54.1 Å². The number of anilines is 2. The van der Waals surface area contributed by atoms with E-state index in [2.05, 4.69) is 193 Å². The second-order valence-electron chi connectivity index (χ2n) is 14.6. The molecular weight excluding hydrogens is 689 g/mol. The van der Waals surface area contributed by atoms with Gasteiger partial charge in [0.2, 0.25) is 0 Å². The Balaban J connectivity index is 0.847. The molecular formula is C45H57N6S2+3. The van der Waals surface area contributed by atoms with Crippen LogP contribution in [0.1, 0.15) is 37.3 Å². The summed E-state index contributed by atoms with van der Waals surface area (Å²) in [6, 6.07) is 26.0. The molecule has 0 saturated carbocycles. The highest BCUT2D eigenvalue weighted by molar-refractivity contribution is 8.04. The van der Waals surface area contributed by atoms with E-state index in [0.717, 1.165) is 37.1 Å². The third kappa shape index (κ3) is 11.0. The first-order chi connectivity index (χ1) is 25.8. The first kappa shape index (κ1) is 38.6. The Morgan fingerprint density at radius 3 is 1.57 bits per heavy atom. The van der Waals surface area contributed by atoms with Gasteiger partial charge in [0.15, 0.2) is 31.3 Å². The molecule has 53 heavy (non-hydrogen) atoms. The van der Waals surface area contributed by atoms with Crippen molar-refractivity contribution in [1.29, 1.82) is 0 Å². The Bertz CT molecular complexity index is 1910. The lowest BCUT2D eigenvalue weighted by Crippen LogP contribution is -2.44. The van der Waals surface area contributed by atoms with Gasteiger partial charge in [-0.1, -0.05) is 79.0 Å². The Hall–Kier alpha value is -4.08. The molecule has 2 aliphatic heterocycles. The molecule has 0 unspecified atom stereocenters. The fraction of sp³-hybridized carbons (Fsp3) is 0.333. The summed E-state index contributed by atoms with van der Waals surface area (Å²) in [5, 5.41) is 2.51. The van der Waals surface area contributed by atoms with Gasteiger partial charge in [-0.15, -0.1) is 0 Å². The number of rotatable bonds is 17. The van der Waals surface area contributed by atoms with Crippen molar-refractivity contribution in [2.45, 2.75) is 49.1 Å². The zero-order valence-corrected chi connectivity index (χ0v) is 33.9. The van der Waals surface area contributed by atoms with E-state index in [1.165, 1.54) is 74.8 Å². The molecule has 0 N–H and O–H groups in total. The maximum atomic E-state index is 2.62. The number of aryl methyl sites for hydroxylation is 2. The Morgan fingerprint density at radius 2 is 1.08 bits per heavy atom. The molecule has 0 saturated heterocycles. The molecule has 0 bridgehead atoms. The van der Waals surface area contributed by atoms with Crippen LogP contribution in [0.4, 0.5) is 11.4 Å². The molecule has 6 rings (SSSR count). The van der Waals surface area contributed by atoms with Crippen LogP contribution in [0.25, 0.3) is 12.2 Å². The van der Waals surface area contributed by atoms with E-state index in [1.54, 1.807) is 0 Å². The summed E-state index contributed by atoms with van der Waals surface area (Å²) in [5.41, 5.74) is 5.01. The third-order valence-corrected chi connectivity index (χ3v) is 12.6. The van der Waals surface area contributed by atoms with Crippen LogP contribution in [0.3, 0.4) is 0 Å². The number of hydrogen-bond acceptors (Lipinski definition) is 5. The Labute approximate surface area is 327 Å². The number of thioether (sulfide) groups is 2. The molecule has 0 amide bonds. The van der Waals surface area contributed by atoms with E-state index in [-0.39, 0.29) is 0 Å². The SMILES string of the molecule is CCN(CCC[n+]1ccc(C=CC=C2Sc3ccccc3N2C)cc1)CCC[N+](C)(C)CCC[n+]1ccc(C=CC=C2Sc3ccccc3N2C)cc1. The molecule has 2 aromatic carbocycles. The highest BCUT2D eigenvalue weighted by atomic mass is 32.2. The van der Waals surface area contributed by atoms with Gasteiger partial charge in [-0.3, -0.25) is 0 Å². The third-order valence-electron chi connectivity index (χ3n) is 10.2. The van der Waals surface area contributed by atoms with Crippen molar-refractivity contribution >= 4 is 47.1 Å². The lowest BCUT2D eigenvalue weighted by Gasteiger charge is -2.30. The molecule has 2 aromatic heterocycles. The number of fused-ring (bicyclic) bond motifs is 2. The standard InChI is InChI=1S/C45H57N6S2/c1-6-48(28-13-29-49-32-24-38(25-33-49)16-11-22-44-46(2)40-18-7-9-20-42(40)52-44)30-14-36-51(4,5)37-15-31-50-34-26-39(27-35-50)17-12-23-45-47(3)41-19-8-10-21-43(41)53-45/h7-12,16-27,32-35H,6,13-15,28-31,36-37H2,1-5H3/q+3. The van der Waals surface area contributed by atoms with Crippen molar-refractivity contribution in [3.63, 3.8) is 0 Å². The Kier molecular flexibility index (Phi) is 13.7. The normalized spacial score (nSPS) is 15.9. The predicted molar refractivity (Wildman–Crippen MR) is 227 cm³/mol. The van der Waals surface area contributed by atoms with Gasteiger partial charge < -0.3 is 19.2 Å². The van der Waals surface area contributed by atoms with E-state index in [9.17, 15) is 0 Å². The second kappa shape index (κ2) is 18.8. The quantitative estimate of drug-likeness (QED) is 0.0793. The number of quaternary nitrogens is 1. The lowest BCUT2D eigenvalue weighted by molar-refractivity contribution is -0.893. The average Bonchev–Trinajstić information content (AvgIpc) is 3.67. The van der Waals surface area contributed by atoms with Gasteiger partial charge in [-0.25, -0.2) is 9.13 Å². The maximum Gasteiger partial charge on any atom is 0.169 e. The minimum absolute atomic E-state index is 1.05. The van der Waals surface area contributed by atoms with Crippen LogP contribution in [0.2, 0.25) is 0 Å². The summed E-state index contributed by atoms with van der Waals surface area (Å²) in [6.07, 6.45) is 25.6. The van der Waals surface area contributed by atoms with Crippen LogP contribution in [0, 0.1) is 0 Å². The van der Waals surface area contributed by atoms with Crippen LogP contribution in [0.5, 0.6) is 0 Å². The van der Waals surface area contributed by atoms with E-state index >= 15 is 0 Å². The number of aromatic nitrogens is 2. The molecule has 0 fully saturated rings. The summed E-state index contributed by atoms with van der Waals surface area (Å²) in [6.45, 7) is 10.2. The fourth-order valence-electron chi connectivity index (χ4n) is 6.89. The molecule has 2 aliphatic rings. The minimum atomic E-state index is 1.05. The number of allylic oxidation sites excluding steroid dienone is 4. The summed E-state index contributed by atoms with van der Waals surface area (Å²) >= 11 is 3.66. The molecule has 0 atom stereocenters. The summed E-state index contributed by atoms with van der Waals surface area (Å²) in [4.78, 5) is 9.78. The second-order valence-corrected chi connectivity index (χ2v) is 16.7. The van der Waals surface area contributed by atoms with Crippen LogP contribution in [0.15, 0.2) is 142 Å². The summed E-state index contributed by atoms with van der Waals surface area (Å²) in [5.74, 6) is 0. The molecule has 0 aliphatic carbocycles. The van der Waals surface area contributed by atoms with E-state index in [1.807, 2.05) is 23.5 Å². The van der Waals surface area contributed by atoms with Gasteiger partial charge in [0, 0.05) is 74.1 Å². The van der Waals surface area contributed by atoms with Crippen molar-refractivity contribution in [2.75, 3.05) is 70.7 Å². The number of nitrogens with zero attached hydrogens (tertiary/aromatic N) is 6. The van der Waals surface area contributed by atoms with Crippen LogP contribution in [-0.2, 0) is 13.1 Å². The smallest absolute Gasteiger partial charge is 0.169 e. The monoisotopic (exact) mass is 745 g/mol. The largest absolute Gasteiger partial charge is 0.338 e. The molecule has 8 heteroatoms. The van der Waals surface area contributed by atoms with Gasteiger partial charge in [0.25, 0.3) is 0 Å². The number of benzene rings is 2. The first-order valence-electron chi connectivity index (χ1n) is 19.1. The predicted octanol–water partition coefficient (Wildman–Crippen LogP) is 8.72. The molecule has 276 valence electrons. The van der Waals surface area contributed by atoms with Crippen LogP contribution < -0.4 is 18.9 Å². The van der Waals surface area contributed by atoms with Crippen molar-refractivity contribution in [3.05, 3.63) is 143 Å². The number of para-hydroxylation sites is 2. The van der Waals surface area contributed by atoms with Crippen molar-refractivity contribution in [3.8, 4) is 0 Å². The lowest BCUT2D eigenvalue weighted by atomic mass is 10.2. The van der Waals surface area contributed by atoms with Crippen LogP contribution in [-0.4, -0.2) is 70.3 Å². The van der Waals surface area contributed by atoms with E-state index in [4.69, 9.17) is 0 Å².